The Labute approximate surface area is 398 Å². The van der Waals surface area contributed by atoms with Gasteiger partial charge in [0.25, 0.3) is 0 Å². The second-order valence-electron chi connectivity index (χ2n) is 21.0. The van der Waals surface area contributed by atoms with Crippen molar-refractivity contribution in [3.8, 4) is 0 Å². The third-order valence-corrected chi connectivity index (χ3v) is 16.1. The number of carbonyl (C=O) groups excluding carboxylic acids is 1. The molecule has 6 nitrogen and oxygen atoms in total. The third-order valence-electron chi connectivity index (χ3n) is 16.1. The van der Waals surface area contributed by atoms with Crippen LogP contribution in [-0.4, -0.2) is 60.1 Å². The zero-order valence-corrected chi connectivity index (χ0v) is 43.9. The standard InChI is InChI=1S/C32H53NO.C17H34O2.C4H11NO.Y.H2/c1-23(2)9-6-7-11-26-12-13-28-30(26,4)18-16-29-31(5)17-14-25(21-24(3)10-8-20-34)22-27(31)15-19-32(28,29)33;1-5-8-16(15-18)9-13-19-14-12-17(4,10-6-2)11-7-3;1-3-5(6)4-2;;/h15,20,23,25-26,28-29H,3,6-14,16-19,21-22,33H2,1-2,4-5H3;6,16,18H,2,5,7-15H2,1,3-4H3;6H,3-4H2,1-2H3;;1H. The van der Waals surface area contributed by atoms with Crippen LogP contribution in [0.1, 0.15) is 205 Å². The van der Waals surface area contributed by atoms with E-state index >= 15 is 0 Å². The number of nitrogens with two attached hydrogens (primary N) is 1. The summed E-state index contributed by atoms with van der Waals surface area (Å²) in [5, 5.41) is 19.0. The number of aliphatic hydroxyl groups excluding tert-OH is 1. The van der Waals surface area contributed by atoms with Crippen molar-refractivity contribution in [1.82, 2.24) is 5.06 Å². The molecule has 0 aromatic rings. The van der Waals surface area contributed by atoms with Crippen molar-refractivity contribution < 1.29 is 54.0 Å². The Morgan fingerprint density at radius 2 is 1.73 bits per heavy atom. The number of ether oxygens (including phenoxy) is 1. The molecule has 0 amide bonds. The molecule has 0 aromatic heterocycles. The van der Waals surface area contributed by atoms with Crippen molar-refractivity contribution in [2.75, 3.05) is 32.9 Å². The van der Waals surface area contributed by atoms with E-state index in [1.807, 2.05) is 19.9 Å². The molecule has 4 aliphatic rings. The van der Waals surface area contributed by atoms with Crippen LogP contribution in [0, 0.1) is 51.8 Å². The maximum atomic E-state index is 10.7. The number of unbranched alkanes of at least 4 members (excludes halogenated alkanes) is 1. The minimum absolute atomic E-state index is 0. The average molecular weight is 918 g/mol. The summed E-state index contributed by atoms with van der Waals surface area (Å²) in [6.45, 7) is 31.9. The monoisotopic (exact) mass is 918 g/mol. The van der Waals surface area contributed by atoms with E-state index in [1.54, 1.807) is 5.57 Å². The van der Waals surface area contributed by atoms with Gasteiger partial charge >= 0.3 is 0 Å². The fourth-order valence-electron chi connectivity index (χ4n) is 12.3. The first-order chi connectivity index (χ1) is 28.1. The molecular formula is C53H100N2O4Y. The van der Waals surface area contributed by atoms with Crippen molar-refractivity contribution >= 4 is 6.29 Å². The van der Waals surface area contributed by atoms with Crippen LogP contribution in [0.4, 0.5) is 0 Å². The number of hydrogen-bond donors (Lipinski definition) is 3. The van der Waals surface area contributed by atoms with Crippen LogP contribution in [-0.2, 0) is 42.2 Å². The summed E-state index contributed by atoms with van der Waals surface area (Å²) in [5.74, 6) is 4.20. The maximum Gasteiger partial charge on any atom is 0.120 e. The molecular weight excluding hydrogens is 817 g/mol. The molecule has 3 fully saturated rings. The van der Waals surface area contributed by atoms with E-state index in [1.165, 1.54) is 94.1 Å². The number of rotatable bonds is 25. The summed E-state index contributed by atoms with van der Waals surface area (Å²) in [5.41, 5.74) is 11.6. The van der Waals surface area contributed by atoms with Crippen LogP contribution in [0.2, 0.25) is 0 Å². The van der Waals surface area contributed by atoms with Crippen LogP contribution < -0.4 is 5.73 Å². The van der Waals surface area contributed by atoms with Gasteiger partial charge in [-0.3, -0.25) is 0 Å². The van der Waals surface area contributed by atoms with Crippen molar-refractivity contribution in [1.29, 1.82) is 0 Å². The van der Waals surface area contributed by atoms with Gasteiger partial charge in [-0.15, -0.1) is 6.58 Å². The number of nitrogens with zero attached hydrogens (tertiary/aromatic N) is 1. The Morgan fingerprint density at radius 1 is 1.02 bits per heavy atom. The van der Waals surface area contributed by atoms with E-state index in [0.29, 0.717) is 52.9 Å². The molecule has 9 atom stereocenters. The minimum Gasteiger partial charge on any atom is -0.396 e. The average Bonchev–Trinajstić information content (AvgIpc) is 3.55. The number of aliphatic hydroxyl groups is 1. The molecule has 3 saturated carbocycles. The fourth-order valence-corrected chi connectivity index (χ4v) is 12.3. The smallest absolute Gasteiger partial charge is 0.120 e. The summed E-state index contributed by atoms with van der Waals surface area (Å²) >= 11 is 0. The molecule has 0 spiro atoms. The molecule has 4 aliphatic carbocycles. The molecule has 349 valence electrons. The first kappa shape index (κ1) is 57.8. The number of fused-ring (bicyclic) bond motifs is 5. The minimum atomic E-state index is -0.00166. The van der Waals surface area contributed by atoms with Gasteiger partial charge in [0, 0.05) is 79.0 Å². The normalized spacial score (nSPS) is 29.5. The molecule has 60 heavy (non-hydrogen) atoms. The van der Waals surface area contributed by atoms with Gasteiger partial charge in [-0.05, 0) is 154 Å². The SMILES string of the molecule is C=C(CCC=O)CC1CCC2(C)C(=CCC3(N)C2CCC2(C)C(CCCCC(C)C)CCC23)C1.C=CCC(C)(CCC)CCOCCC(CO)CCC.CCN(O)CC.[HH].[Y]. The van der Waals surface area contributed by atoms with E-state index in [2.05, 4.69) is 67.7 Å². The largest absolute Gasteiger partial charge is 0.396 e. The Balaban J connectivity index is 0.00000113. The van der Waals surface area contributed by atoms with Gasteiger partial charge < -0.3 is 25.6 Å². The number of allylic oxidation sites excluding steroid dienone is 3. The van der Waals surface area contributed by atoms with Crippen LogP contribution in [0.3, 0.4) is 0 Å². The van der Waals surface area contributed by atoms with Gasteiger partial charge in [0.05, 0.1) is 0 Å². The molecule has 0 aromatic carbocycles. The van der Waals surface area contributed by atoms with E-state index in [0.717, 1.165) is 95.8 Å². The van der Waals surface area contributed by atoms with Crippen LogP contribution in [0.25, 0.3) is 0 Å². The predicted molar refractivity (Wildman–Crippen MR) is 255 cm³/mol. The second-order valence-corrected chi connectivity index (χ2v) is 21.0. The number of carbonyl (C=O) groups is 1. The van der Waals surface area contributed by atoms with Crippen molar-refractivity contribution in [2.45, 2.75) is 209 Å². The Bertz CT molecular complexity index is 1240. The first-order valence-corrected chi connectivity index (χ1v) is 24.9. The molecule has 0 saturated heterocycles. The summed E-state index contributed by atoms with van der Waals surface area (Å²) in [6.07, 6.45) is 32.1. The maximum absolute atomic E-state index is 10.7. The van der Waals surface area contributed by atoms with Crippen molar-refractivity contribution in [3.05, 3.63) is 36.5 Å². The van der Waals surface area contributed by atoms with Crippen LogP contribution in [0.5, 0.6) is 0 Å². The molecule has 9 unspecified atom stereocenters. The molecule has 0 aliphatic heterocycles. The number of hydrogen-bond acceptors (Lipinski definition) is 6. The molecule has 4 rings (SSSR count). The fraction of sp³-hybridized carbons (Fsp3) is 0.868. The van der Waals surface area contributed by atoms with Crippen LogP contribution >= 0.6 is 0 Å². The van der Waals surface area contributed by atoms with Gasteiger partial charge in [-0.25, -0.2) is 0 Å². The van der Waals surface area contributed by atoms with Gasteiger partial charge in [-0.2, -0.15) is 5.06 Å². The molecule has 0 bridgehead atoms. The van der Waals surface area contributed by atoms with E-state index in [4.69, 9.17) is 15.7 Å². The zero-order chi connectivity index (χ0) is 44.1. The Kier molecular flexibility index (Phi) is 28.3. The summed E-state index contributed by atoms with van der Waals surface area (Å²) in [6, 6.07) is 0. The third kappa shape index (κ3) is 17.3. The summed E-state index contributed by atoms with van der Waals surface area (Å²) in [4.78, 5) is 10.7. The van der Waals surface area contributed by atoms with Gasteiger partial charge in [0.2, 0.25) is 0 Å². The topological polar surface area (TPSA) is 96.0 Å². The molecule has 7 heteroatoms. The van der Waals surface area contributed by atoms with E-state index < -0.39 is 0 Å². The summed E-state index contributed by atoms with van der Waals surface area (Å²) in [7, 11) is 0. The zero-order valence-electron chi connectivity index (χ0n) is 41.0. The summed E-state index contributed by atoms with van der Waals surface area (Å²) < 4.78 is 5.76. The predicted octanol–water partition coefficient (Wildman–Crippen LogP) is 13.9. The van der Waals surface area contributed by atoms with E-state index in [-0.39, 0.29) is 39.7 Å². The van der Waals surface area contributed by atoms with Crippen LogP contribution in [0.15, 0.2) is 36.5 Å². The van der Waals surface area contributed by atoms with Crippen molar-refractivity contribution in [3.63, 3.8) is 0 Å². The number of hydroxylamine groups is 2. The molecule has 0 heterocycles. The molecule has 4 N–H and O–H groups in total. The quantitative estimate of drug-likeness (QED) is 0.0365. The number of aldehydes is 1. The van der Waals surface area contributed by atoms with Gasteiger partial charge in [0.1, 0.15) is 6.29 Å². The van der Waals surface area contributed by atoms with Gasteiger partial charge in [0.15, 0.2) is 0 Å². The van der Waals surface area contributed by atoms with E-state index in [9.17, 15) is 9.90 Å². The Hall–Kier alpha value is -0.206. The molecule has 1 radical (unpaired) electrons. The Morgan fingerprint density at radius 3 is 2.32 bits per heavy atom. The van der Waals surface area contributed by atoms with Crippen molar-refractivity contribution in [2.24, 2.45) is 57.5 Å². The first-order valence-electron chi connectivity index (χ1n) is 24.9. The second kappa shape index (κ2) is 29.4. The van der Waals surface area contributed by atoms with Gasteiger partial charge in [-0.1, -0.05) is 124 Å².